The molecular weight excluding hydrogens is 192 g/mol. The molecule has 0 saturated heterocycles. The normalized spacial score (nSPS) is 23.1. The second-order valence-corrected chi connectivity index (χ2v) is 5.07. The van der Waals surface area contributed by atoms with Gasteiger partial charge in [0.05, 0.1) is 0 Å². The van der Waals surface area contributed by atoms with Crippen LogP contribution in [0.25, 0.3) is 5.57 Å². The molecule has 1 atom stereocenters. The van der Waals surface area contributed by atoms with Crippen molar-refractivity contribution in [2.24, 2.45) is 5.92 Å². The lowest BCUT2D eigenvalue weighted by molar-refractivity contribution is 0.740. The summed E-state index contributed by atoms with van der Waals surface area (Å²) in [5, 5.41) is 0. The van der Waals surface area contributed by atoms with Crippen LogP contribution in [0.5, 0.6) is 0 Å². The van der Waals surface area contributed by atoms with Crippen molar-refractivity contribution in [3.8, 4) is 0 Å². The van der Waals surface area contributed by atoms with Crippen molar-refractivity contribution >= 4 is 5.57 Å². The largest absolute Gasteiger partial charge is 0.0834 e. The van der Waals surface area contributed by atoms with Crippen LogP contribution in [0.4, 0.5) is 0 Å². The molecule has 1 aromatic rings. The Balaban J connectivity index is 1.98. The quantitative estimate of drug-likeness (QED) is 0.653. The van der Waals surface area contributed by atoms with Crippen molar-refractivity contribution in [2.45, 2.75) is 32.6 Å². The zero-order valence-electron chi connectivity index (χ0n) is 9.87. The molecule has 0 amide bonds. The summed E-state index contributed by atoms with van der Waals surface area (Å²) in [7, 11) is 0. The Morgan fingerprint density at radius 3 is 2.88 bits per heavy atom. The highest BCUT2D eigenvalue weighted by atomic mass is 14.2. The molecule has 0 bridgehead atoms. The maximum atomic E-state index is 2.40. The van der Waals surface area contributed by atoms with Gasteiger partial charge in [0.15, 0.2) is 0 Å². The van der Waals surface area contributed by atoms with Crippen LogP contribution >= 0.6 is 0 Å². The number of benzene rings is 1. The molecule has 0 fully saturated rings. The Hall–Kier alpha value is -1.30. The summed E-state index contributed by atoms with van der Waals surface area (Å²) in [6.07, 6.45) is 12.1. The van der Waals surface area contributed by atoms with Gasteiger partial charge in [0.1, 0.15) is 0 Å². The Morgan fingerprint density at radius 2 is 2.00 bits per heavy atom. The maximum Gasteiger partial charge on any atom is -0.0184 e. The fraction of sp³-hybridized carbons (Fsp3) is 0.375. The third kappa shape index (κ3) is 1.73. The first-order valence-corrected chi connectivity index (χ1v) is 6.33. The molecule has 0 aliphatic heterocycles. The average Bonchev–Trinajstić information content (AvgIpc) is 2.75. The highest BCUT2D eigenvalue weighted by Crippen LogP contribution is 2.29. The minimum Gasteiger partial charge on any atom is -0.0834 e. The van der Waals surface area contributed by atoms with Crippen LogP contribution in [0.15, 0.2) is 36.4 Å². The minimum atomic E-state index is 0.688. The van der Waals surface area contributed by atoms with Gasteiger partial charge in [-0.1, -0.05) is 43.4 Å². The van der Waals surface area contributed by atoms with E-state index >= 15 is 0 Å². The van der Waals surface area contributed by atoms with Gasteiger partial charge in [-0.25, -0.2) is 0 Å². The van der Waals surface area contributed by atoms with Crippen LogP contribution in [0.2, 0.25) is 0 Å². The summed E-state index contributed by atoms with van der Waals surface area (Å²) in [4.78, 5) is 0. The number of rotatable bonds is 1. The van der Waals surface area contributed by atoms with Gasteiger partial charge in [0.2, 0.25) is 0 Å². The minimum absolute atomic E-state index is 0.688. The molecule has 82 valence electrons. The fourth-order valence-corrected chi connectivity index (χ4v) is 2.78. The molecule has 0 aromatic heterocycles. The lowest BCUT2D eigenvalue weighted by atomic mass is 9.92. The van der Waals surface area contributed by atoms with E-state index in [0.717, 1.165) is 0 Å². The van der Waals surface area contributed by atoms with E-state index in [0.29, 0.717) is 5.92 Å². The fourth-order valence-electron chi connectivity index (χ4n) is 2.78. The van der Waals surface area contributed by atoms with Crippen molar-refractivity contribution in [1.29, 1.82) is 0 Å². The predicted octanol–water partition coefficient (Wildman–Crippen LogP) is 4.15. The standard InChI is InChI=1S/C16H18/c1-12-4-2-6-14(10-12)16-9-8-13-5-3-7-15(13)11-16/h2,6,8-12H,3-5,7H2,1H3. The van der Waals surface area contributed by atoms with Gasteiger partial charge < -0.3 is 0 Å². The lowest BCUT2D eigenvalue weighted by Gasteiger charge is -2.13. The SMILES string of the molecule is CC1C=C(c2ccc3c(c2)CCC3)C=CC1. The number of fused-ring (bicyclic) bond motifs is 1. The van der Waals surface area contributed by atoms with E-state index in [1.807, 2.05) is 0 Å². The van der Waals surface area contributed by atoms with Gasteiger partial charge in [-0.05, 0) is 53.9 Å². The summed E-state index contributed by atoms with van der Waals surface area (Å²) in [5.41, 5.74) is 5.96. The predicted molar refractivity (Wildman–Crippen MR) is 69.4 cm³/mol. The van der Waals surface area contributed by atoms with E-state index < -0.39 is 0 Å². The average molecular weight is 210 g/mol. The number of allylic oxidation sites excluding steroid dienone is 4. The molecule has 0 heteroatoms. The smallest absolute Gasteiger partial charge is 0.0184 e. The molecule has 2 aliphatic rings. The van der Waals surface area contributed by atoms with Crippen LogP contribution in [0.3, 0.4) is 0 Å². The Morgan fingerprint density at radius 1 is 1.12 bits per heavy atom. The van der Waals surface area contributed by atoms with Crippen LogP contribution < -0.4 is 0 Å². The first-order chi connectivity index (χ1) is 7.83. The van der Waals surface area contributed by atoms with Crippen molar-refractivity contribution in [3.05, 3.63) is 53.1 Å². The molecule has 0 nitrogen and oxygen atoms in total. The summed E-state index contributed by atoms with van der Waals surface area (Å²) < 4.78 is 0. The maximum absolute atomic E-state index is 2.40. The molecular formula is C16H18. The molecule has 0 heterocycles. The summed E-state index contributed by atoms with van der Waals surface area (Å²) in [6, 6.07) is 7.01. The highest BCUT2D eigenvalue weighted by molar-refractivity contribution is 5.75. The van der Waals surface area contributed by atoms with E-state index in [2.05, 4.69) is 43.4 Å². The van der Waals surface area contributed by atoms with E-state index in [9.17, 15) is 0 Å². The second-order valence-electron chi connectivity index (χ2n) is 5.07. The zero-order chi connectivity index (χ0) is 11.0. The van der Waals surface area contributed by atoms with Gasteiger partial charge in [0.25, 0.3) is 0 Å². The van der Waals surface area contributed by atoms with Crippen molar-refractivity contribution in [2.75, 3.05) is 0 Å². The van der Waals surface area contributed by atoms with E-state index in [1.54, 1.807) is 11.1 Å². The van der Waals surface area contributed by atoms with Gasteiger partial charge >= 0.3 is 0 Å². The summed E-state index contributed by atoms with van der Waals surface area (Å²) in [6.45, 7) is 2.29. The molecule has 1 unspecified atom stereocenters. The van der Waals surface area contributed by atoms with Crippen molar-refractivity contribution < 1.29 is 0 Å². The third-order valence-electron chi connectivity index (χ3n) is 3.70. The Kier molecular flexibility index (Phi) is 2.43. The third-order valence-corrected chi connectivity index (χ3v) is 3.70. The molecule has 0 saturated carbocycles. The van der Waals surface area contributed by atoms with Gasteiger partial charge in [0, 0.05) is 0 Å². The van der Waals surface area contributed by atoms with Crippen LogP contribution in [0.1, 0.15) is 36.5 Å². The van der Waals surface area contributed by atoms with Crippen LogP contribution in [-0.2, 0) is 12.8 Å². The molecule has 2 aliphatic carbocycles. The van der Waals surface area contributed by atoms with E-state index in [4.69, 9.17) is 0 Å². The number of hydrogen-bond donors (Lipinski definition) is 0. The second kappa shape index (κ2) is 3.93. The Labute approximate surface area is 97.7 Å². The summed E-state index contributed by atoms with van der Waals surface area (Å²) in [5.74, 6) is 0.688. The van der Waals surface area contributed by atoms with Crippen molar-refractivity contribution in [1.82, 2.24) is 0 Å². The van der Waals surface area contributed by atoms with Gasteiger partial charge in [-0.3, -0.25) is 0 Å². The molecule has 3 rings (SSSR count). The van der Waals surface area contributed by atoms with Gasteiger partial charge in [-0.2, -0.15) is 0 Å². The van der Waals surface area contributed by atoms with Crippen LogP contribution in [-0.4, -0.2) is 0 Å². The number of aryl methyl sites for hydroxylation is 2. The summed E-state index contributed by atoms with van der Waals surface area (Å²) >= 11 is 0. The van der Waals surface area contributed by atoms with Crippen LogP contribution in [0, 0.1) is 5.92 Å². The van der Waals surface area contributed by atoms with E-state index in [1.165, 1.54) is 36.8 Å². The topological polar surface area (TPSA) is 0 Å². The first kappa shape index (κ1) is 9.89. The number of hydrogen-bond acceptors (Lipinski definition) is 0. The first-order valence-electron chi connectivity index (χ1n) is 6.33. The molecule has 16 heavy (non-hydrogen) atoms. The highest BCUT2D eigenvalue weighted by Gasteiger charge is 2.12. The lowest BCUT2D eigenvalue weighted by Crippen LogP contribution is -1.95. The monoisotopic (exact) mass is 210 g/mol. The van der Waals surface area contributed by atoms with Gasteiger partial charge in [-0.15, -0.1) is 0 Å². The van der Waals surface area contributed by atoms with E-state index in [-0.39, 0.29) is 0 Å². The zero-order valence-corrected chi connectivity index (χ0v) is 9.87. The molecule has 1 aromatic carbocycles. The molecule has 0 N–H and O–H groups in total. The Bertz CT molecular complexity index is 463. The van der Waals surface area contributed by atoms with Crippen molar-refractivity contribution in [3.63, 3.8) is 0 Å². The molecule has 0 spiro atoms. The molecule has 0 radical (unpaired) electrons.